The second kappa shape index (κ2) is 6.91. The average molecular weight is 315 g/mol. The Kier molecular flexibility index (Phi) is 4.71. The van der Waals surface area contributed by atoms with E-state index in [9.17, 15) is 4.79 Å². The minimum absolute atomic E-state index is 0.0685. The molecule has 1 aromatic carbocycles. The number of methoxy groups -OCH3 is 1. The molecule has 0 saturated carbocycles. The number of aryl methyl sites for hydroxylation is 1. The van der Waals surface area contributed by atoms with E-state index in [2.05, 4.69) is 10.1 Å². The Hall–Kier alpha value is -2.21. The second-order valence-corrected chi connectivity index (χ2v) is 5.94. The summed E-state index contributed by atoms with van der Waals surface area (Å²) >= 11 is 0. The summed E-state index contributed by atoms with van der Waals surface area (Å²) in [7, 11) is 1.59. The first kappa shape index (κ1) is 15.7. The van der Waals surface area contributed by atoms with E-state index in [4.69, 9.17) is 9.26 Å². The van der Waals surface area contributed by atoms with Crippen LogP contribution < -0.4 is 0 Å². The van der Waals surface area contributed by atoms with Crippen LogP contribution >= 0.6 is 0 Å². The molecule has 2 heterocycles. The molecule has 0 N–H and O–H groups in total. The summed E-state index contributed by atoms with van der Waals surface area (Å²) in [4.78, 5) is 18.9. The van der Waals surface area contributed by atoms with Gasteiger partial charge in [0.1, 0.15) is 6.61 Å². The number of rotatable bonds is 4. The van der Waals surface area contributed by atoms with Gasteiger partial charge in [-0.2, -0.15) is 4.98 Å². The van der Waals surface area contributed by atoms with Crippen LogP contribution in [0.5, 0.6) is 0 Å². The summed E-state index contributed by atoms with van der Waals surface area (Å²) in [6.45, 7) is 3.70. The van der Waals surface area contributed by atoms with Gasteiger partial charge in [0, 0.05) is 31.7 Å². The summed E-state index contributed by atoms with van der Waals surface area (Å²) in [6.07, 6.45) is 1.90. The van der Waals surface area contributed by atoms with Crippen molar-refractivity contribution in [2.75, 3.05) is 20.2 Å². The van der Waals surface area contributed by atoms with Crippen LogP contribution in [0.1, 0.15) is 46.4 Å². The van der Waals surface area contributed by atoms with Crippen LogP contribution in [-0.2, 0) is 11.3 Å². The predicted molar refractivity (Wildman–Crippen MR) is 84.1 cm³/mol. The first-order chi connectivity index (χ1) is 11.2. The minimum Gasteiger partial charge on any atom is -0.375 e. The molecule has 0 aliphatic carbocycles. The molecule has 0 bridgehead atoms. The maximum atomic E-state index is 12.7. The standard InChI is InChI=1S/C17H21N3O3/c1-12-5-3-6-13(9-12)17(21)20-8-4-7-14(10-20)16-18-15(11-22-2)23-19-16/h3,5-6,9,14H,4,7-8,10-11H2,1-2H3. The van der Waals surface area contributed by atoms with Gasteiger partial charge in [-0.1, -0.05) is 22.9 Å². The molecule has 1 atom stereocenters. The smallest absolute Gasteiger partial charge is 0.253 e. The summed E-state index contributed by atoms with van der Waals surface area (Å²) in [5, 5.41) is 4.04. The molecule has 0 spiro atoms. The number of aromatic nitrogens is 2. The maximum Gasteiger partial charge on any atom is 0.253 e. The van der Waals surface area contributed by atoms with E-state index in [1.54, 1.807) is 7.11 Å². The van der Waals surface area contributed by atoms with Crippen molar-refractivity contribution in [2.24, 2.45) is 0 Å². The lowest BCUT2D eigenvalue weighted by molar-refractivity contribution is 0.0703. The highest BCUT2D eigenvalue weighted by Gasteiger charge is 2.28. The highest BCUT2D eigenvalue weighted by atomic mass is 16.5. The van der Waals surface area contributed by atoms with Gasteiger partial charge >= 0.3 is 0 Å². The number of carbonyl (C=O) groups is 1. The van der Waals surface area contributed by atoms with E-state index in [1.807, 2.05) is 36.1 Å². The van der Waals surface area contributed by atoms with Gasteiger partial charge in [0.2, 0.25) is 0 Å². The van der Waals surface area contributed by atoms with E-state index in [1.165, 1.54) is 0 Å². The summed E-state index contributed by atoms with van der Waals surface area (Å²) in [5.41, 5.74) is 1.82. The molecule has 122 valence electrons. The fourth-order valence-corrected chi connectivity index (χ4v) is 2.95. The van der Waals surface area contributed by atoms with Gasteiger partial charge in [-0.3, -0.25) is 4.79 Å². The van der Waals surface area contributed by atoms with Gasteiger partial charge in [0.15, 0.2) is 5.82 Å². The van der Waals surface area contributed by atoms with Crippen molar-refractivity contribution in [1.29, 1.82) is 0 Å². The fourth-order valence-electron chi connectivity index (χ4n) is 2.95. The van der Waals surface area contributed by atoms with E-state index in [0.29, 0.717) is 24.9 Å². The molecule has 6 nitrogen and oxygen atoms in total. The Morgan fingerprint density at radius 3 is 3.13 bits per heavy atom. The van der Waals surface area contributed by atoms with Crippen LogP contribution in [0, 0.1) is 6.92 Å². The van der Waals surface area contributed by atoms with Crippen molar-refractivity contribution in [3.8, 4) is 0 Å². The molecule has 1 aliphatic heterocycles. The van der Waals surface area contributed by atoms with Crippen molar-refractivity contribution in [3.05, 3.63) is 47.1 Å². The number of hydrogen-bond donors (Lipinski definition) is 0. The monoisotopic (exact) mass is 315 g/mol. The maximum absolute atomic E-state index is 12.7. The highest BCUT2D eigenvalue weighted by molar-refractivity contribution is 5.94. The number of amides is 1. The third kappa shape index (κ3) is 3.59. The SMILES string of the molecule is COCc1nc(C2CCCN(C(=O)c3cccc(C)c3)C2)no1. The molecular weight excluding hydrogens is 294 g/mol. The van der Waals surface area contributed by atoms with Crippen LogP contribution in [0.4, 0.5) is 0 Å². The Morgan fingerprint density at radius 1 is 1.48 bits per heavy atom. The molecule has 2 aromatic rings. The largest absolute Gasteiger partial charge is 0.375 e. The number of benzene rings is 1. The lowest BCUT2D eigenvalue weighted by atomic mass is 9.96. The van der Waals surface area contributed by atoms with Crippen molar-refractivity contribution >= 4 is 5.91 Å². The van der Waals surface area contributed by atoms with E-state index in [0.717, 1.165) is 30.5 Å². The number of nitrogens with zero attached hydrogens (tertiary/aromatic N) is 3. The summed E-state index contributed by atoms with van der Waals surface area (Å²) in [6, 6.07) is 7.70. The molecule has 6 heteroatoms. The molecule has 23 heavy (non-hydrogen) atoms. The van der Waals surface area contributed by atoms with Gasteiger partial charge in [-0.15, -0.1) is 0 Å². The van der Waals surface area contributed by atoms with E-state index in [-0.39, 0.29) is 11.8 Å². The number of piperidine rings is 1. The number of hydrogen-bond acceptors (Lipinski definition) is 5. The van der Waals surface area contributed by atoms with Crippen molar-refractivity contribution < 1.29 is 14.1 Å². The highest BCUT2D eigenvalue weighted by Crippen LogP contribution is 2.26. The lowest BCUT2D eigenvalue weighted by Crippen LogP contribution is -2.39. The topological polar surface area (TPSA) is 68.5 Å². The van der Waals surface area contributed by atoms with Crippen LogP contribution in [0.2, 0.25) is 0 Å². The summed E-state index contributed by atoms with van der Waals surface area (Å²) in [5.74, 6) is 1.33. The third-order valence-corrected chi connectivity index (χ3v) is 4.09. The molecule has 1 aromatic heterocycles. The molecule has 1 fully saturated rings. The first-order valence-electron chi connectivity index (χ1n) is 7.84. The van der Waals surface area contributed by atoms with Crippen LogP contribution in [0.3, 0.4) is 0 Å². The fraction of sp³-hybridized carbons (Fsp3) is 0.471. The van der Waals surface area contributed by atoms with Gasteiger partial charge < -0.3 is 14.2 Å². The molecule has 3 rings (SSSR count). The second-order valence-electron chi connectivity index (χ2n) is 5.94. The molecule has 1 aliphatic rings. The van der Waals surface area contributed by atoms with Crippen LogP contribution in [0.15, 0.2) is 28.8 Å². The first-order valence-corrected chi connectivity index (χ1v) is 7.84. The Morgan fingerprint density at radius 2 is 2.35 bits per heavy atom. The predicted octanol–water partition coefficient (Wildman–Crippen LogP) is 2.54. The Bertz CT molecular complexity index is 683. The normalized spacial score (nSPS) is 18.2. The Labute approximate surface area is 135 Å². The van der Waals surface area contributed by atoms with Gasteiger partial charge in [0.25, 0.3) is 11.8 Å². The number of likely N-dealkylation sites (tertiary alicyclic amines) is 1. The molecular formula is C17H21N3O3. The minimum atomic E-state index is 0.0685. The zero-order valence-corrected chi connectivity index (χ0v) is 13.5. The molecule has 0 radical (unpaired) electrons. The van der Waals surface area contributed by atoms with E-state index >= 15 is 0 Å². The molecule has 1 saturated heterocycles. The molecule has 1 unspecified atom stereocenters. The van der Waals surface area contributed by atoms with Gasteiger partial charge in [-0.25, -0.2) is 0 Å². The number of carbonyl (C=O) groups excluding carboxylic acids is 1. The van der Waals surface area contributed by atoms with E-state index < -0.39 is 0 Å². The van der Waals surface area contributed by atoms with Gasteiger partial charge in [0.05, 0.1) is 0 Å². The van der Waals surface area contributed by atoms with Crippen molar-refractivity contribution in [1.82, 2.24) is 15.0 Å². The lowest BCUT2D eigenvalue weighted by Gasteiger charge is -2.31. The Balaban J connectivity index is 1.71. The van der Waals surface area contributed by atoms with Crippen molar-refractivity contribution in [2.45, 2.75) is 32.3 Å². The van der Waals surface area contributed by atoms with Crippen molar-refractivity contribution in [3.63, 3.8) is 0 Å². The molecule has 1 amide bonds. The zero-order valence-electron chi connectivity index (χ0n) is 13.5. The summed E-state index contributed by atoms with van der Waals surface area (Å²) < 4.78 is 10.2. The third-order valence-electron chi connectivity index (χ3n) is 4.09. The average Bonchev–Trinajstić information content (AvgIpc) is 3.03. The zero-order chi connectivity index (χ0) is 16.2. The quantitative estimate of drug-likeness (QED) is 0.867. The van der Waals surface area contributed by atoms with Gasteiger partial charge in [-0.05, 0) is 31.9 Å². The van der Waals surface area contributed by atoms with Crippen LogP contribution in [0.25, 0.3) is 0 Å². The number of ether oxygens (including phenoxy) is 1. The van der Waals surface area contributed by atoms with Crippen LogP contribution in [-0.4, -0.2) is 41.1 Å².